The van der Waals surface area contributed by atoms with Crippen molar-refractivity contribution in [3.8, 4) is 11.1 Å². The molecule has 0 aliphatic rings. The van der Waals surface area contributed by atoms with Gasteiger partial charge in [0, 0.05) is 22.0 Å². The van der Waals surface area contributed by atoms with Crippen LogP contribution in [-0.2, 0) is 21.2 Å². The first-order chi connectivity index (χ1) is 9.82. The Morgan fingerprint density at radius 3 is 1.81 bits per heavy atom. The van der Waals surface area contributed by atoms with Gasteiger partial charge in [-0.2, -0.15) is 0 Å². The van der Waals surface area contributed by atoms with Crippen LogP contribution in [0.15, 0.2) is 53.4 Å². The molecule has 2 atom stereocenters. The third-order valence-electron chi connectivity index (χ3n) is 3.38. The van der Waals surface area contributed by atoms with Crippen LogP contribution in [0.2, 0.25) is 0 Å². The van der Waals surface area contributed by atoms with Crippen LogP contribution in [0.3, 0.4) is 0 Å². The van der Waals surface area contributed by atoms with Crippen molar-refractivity contribution < 1.29 is 19.2 Å². The van der Waals surface area contributed by atoms with Crippen molar-refractivity contribution >= 4 is 16.8 Å². The maximum Gasteiger partial charge on any atom is 0.340 e. The summed E-state index contributed by atoms with van der Waals surface area (Å²) >= 11 is 0. The zero-order valence-electron chi connectivity index (χ0n) is 11.7. The van der Waals surface area contributed by atoms with Gasteiger partial charge in [-0.25, -0.2) is 4.79 Å². The van der Waals surface area contributed by atoms with Crippen molar-refractivity contribution in [1.82, 2.24) is 0 Å². The zero-order valence-corrected chi connectivity index (χ0v) is 12.6. The van der Waals surface area contributed by atoms with Gasteiger partial charge in [0.05, 0.1) is 0 Å². The average molecular weight is 304 g/mol. The second kappa shape index (κ2) is 5.79. The number of hydrogen-bond donors (Lipinski definition) is 2. The van der Waals surface area contributed by atoms with Gasteiger partial charge in [0.2, 0.25) is 0 Å². The van der Waals surface area contributed by atoms with E-state index in [2.05, 4.69) is 0 Å². The molecule has 0 fully saturated rings. The molecule has 2 unspecified atom stereocenters. The molecule has 0 spiro atoms. The van der Waals surface area contributed by atoms with Gasteiger partial charge in [0.25, 0.3) is 0 Å². The summed E-state index contributed by atoms with van der Waals surface area (Å²) in [6, 6.07) is 14.0. The highest BCUT2D eigenvalue weighted by molar-refractivity contribution is 7.84. The smallest absolute Gasteiger partial charge is 0.340 e. The molecule has 2 aromatic rings. The van der Waals surface area contributed by atoms with Crippen LogP contribution in [0.1, 0.15) is 12.5 Å². The van der Waals surface area contributed by atoms with E-state index in [0.717, 1.165) is 16.0 Å². The predicted molar refractivity (Wildman–Crippen MR) is 81.4 cm³/mol. The minimum Gasteiger partial charge on any atom is -0.479 e. The lowest BCUT2D eigenvalue weighted by molar-refractivity contribution is -0.157. The van der Waals surface area contributed by atoms with Crippen molar-refractivity contribution in [3.05, 3.63) is 54.1 Å². The van der Waals surface area contributed by atoms with Crippen LogP contribution in [0, 0.1) is 0 Å². The van der Waals surface area contributed by atoms with Gasteiger partial charge in [-0.15, -0.1) is 0 Å². The largest absolute Gasteiger partial charge is 0.479 e. The number of carbonyl (C=O) groups is 1. The molecule has 21 heavy (non-hydrogen) atoms. The molecule has 2 rings (SSSR count). The van der Waals surface area contributed by atoms with Gasteiger partial charge in [0.1, 0.15) is 0 Å². The molecule has 0 radical (unpaired) electrons. The fourth-order valence-corrected chi connectivity index (χ4v) is 2.47. The molecule has 0 heterocycles. The van der Waals surface area contributed by atoms with Crippen LogP contribution in [0.25, 0.3) is 11.1 Å². The Balaban J connectivity index is 2.31. The van der Waals surface area contributed by atoms with E-state index < -0.39 is 22.4 Å². The van der Waals surface area contributed by atoms with Crippen LogP contribution >= 0.6 is 0 Å². The third kappa shape index (κ3) is 3.20. The lowest BCUT2D eigenvalue weighted by atomic mass is 9.94. The standard InChI is InChI=1S/C16H16O4S/c1-16(19,15(17)18)13-7-3-11(4-8-13)12-5-9-14(10-6-12)21(2)20/h3-10,19H,1-2H3,(H,17,18). The molecular formula is C16H16O4S. The molecule has 4 nitrogen and oxygen atoms in total. The summed E-state index contributed by atoms with van der Waals surface area (Å²) in [4.78, 5) is 11.8. The van der Waals surface area contributed by atoms with Crippen LogP contribution in [0.4, 0.5) is 0 Å². The van der Waals surface area contributed by atoms with Gasteiger partial charge < -0.3 is 10.2 Å². The summed E-state index contributed by atoms with van der Waals surface area (Å²) in [6.45, 7) is 1.25. The number of hydrogen-bond acceptors (Lipinski definition) is 3. The Hall–Kier alpha value is -1.98. The fourth-order valence-electron chi connectivity index (χ4n) is 1.95. The third-order valence-corrected chi connectivity index (χ3v) is 4.32. The summed E-state index contributed by atoms with van der Waals surface area (Å²) in [5.74, 6) is -1.29. The second-order valence-electron chi connectivity index (χ2n) is 4.93. The zero-order chi connectivity index (χ0) is 15.6. The van der Waals surface area contributed by atoms with Crippen molar-refractivity contribution in [1.29, 1.82) is 0 Å². The van der Waals surface area contributed by atoms with Crippen LogP contribution in [-0.4, -0.2) is 26.6 Å². The first-order valence-corrected chi connectivity index (χ1v) is 7.88. The quantitative estimate of drug-likeness (QED) is 0.909. The van der Waals surface area contributed by atoms with Crippen LogP contribution in [0.5, 0.6) is 0 Å². The summed E-state index contributed by atoms with van der Waals surface area (Å²) in [6.07, 6.45) is 1.62. The van der Waals surface area contributed by atoms with Gasteiger partial charge >= 0.3 is 5.97 Å². The number of aliphatic carboxylic acids is 1. The van der Waals surface area contributed by atoms with Crippen LogP contribution < -0.4 is 0 Å². The van der Waals surface area contributed by atoms with E-state index in [1.165, 1.54) is 6.92 Å². The Morgan fingerprint density at radius 1 is 1.00 bits per heavy atom. The van der Waals surface area contributed by atoms with Crippen molar-refractivity contribution in [2.24, 2.45) is 0 Å². The second-order valence-corrected chi connectivity index (χ2v) is 6.31. The van der Waals surface area contributed by atoms with Crippen molar-refractivity contribution in [2.75, 3.05) is 6.26 Å². The molecule has 0 aliphatic heterocycles. The van der Waals surface area contributed by atoms with E-state index >= 15 is 0 Å². The van der Waals surface area contributed by atoms with E-state index in [1.807, 2.05) is 12.1 Å². The lowest BCUT2D eigenvalue weighted by Crippen LogP contribution is -2.31. The molecule has 110 valence electrons. The Morgan fingerprint density at radius 2 is 1.43 bits per heavy atom. The van der Waals surface area contributed by atoms with E-state index in [1.54, 1.807) is 42.7 Å². The minimum atomic E-state index is -1.90. The normalized spacial score (nSPS) is 15.2. The maximum atomic E-state index is 11.3. The molecule has 0 saturated heterocycles. The molecule has 2 aromatic carbocycles. The molecule has 0 aliphatic carbocycles. The van der Waals surface area contributed by atoms with Crippen molar-refractivity contribution in [2.45, 2.75) is 17.4 Å². The number of rotatable bonds is 4. The minimum absolute atomic E-state index is 0.324. The van der Waals surface area contributed by atoms with E-state index in [9.17, 15) is 14.1 Å². The number of carboxylic acids is 1. The Bertz CT molecular complexity index is 672. The van der Waals surface area contributed by atoms with E-state index in [-0.39, 0.29) is 0 Å². The maximum absolute atomic E-state index is 11.3. The number of aliphatic hydroxyl groups is 1. The topological polar surface area (TPSA) is 74.6 Å². The molecule has 0 saturated carbocycles. The van der Waals surface area contributed by atoms with Gasteiger partial charge in [0.15, 0.2) is 5.60 Å². The number of carboxylic acid groups (broad SMARTS) is 1. The molecule has 2 N–H and O–H groups in total. The summed E-state index contributed by atoms with van der Waals surface area (Å²) in [7, 11) is -1.01. The lowest BCUT2D eigenvalue weighted by Gasteiger charge is -2.18. The van der Waals surface area contributed by atoms with E-state index in [0.29, 0.717) is 5.56 Å². The van der Waals surface area contributed by atoms with Gasteiger partial charge in [-0.1, -0.05) is 36.4 Å². The summed E-state index contributed by atoms with van der Waals surface area (Å²) in [5.41, 5.74) is 0.255. The number of benzene rings is 2. The fraction of sp³-hybridized carbons (Fsp3) is 0.188. The summed E-state index contributed by atoms with van der Waals surface area (Å²) < 4.78 is 11.3. The Kier molecular flexibility index (Phi) is 4.25. The summed E-state index contributed by atoms with van der Waals surface area (Å²) in [5, 5.41) is 18.9. The van der Waals surface area contributed by atoms with E-state index in [4.69, 9.17) is 5.11 Å². The average Bonchev–Trinajstić information content (AvgIpc) is 2.47. The van der Waals surface area contributed by atoms with Gasteiger partial charge in [-0.3, -0.25) is 4.21 Å². The molecule has 0 bridgehead atoms. The highest BCUT2D eigenvalue weighted by atomic mass is 32.2. The Labute approximate surface area is 125 Å². The monoisotopic (exact) mass is 304 g/mol. The highest BCUT2D eigenvalue weighted by Crippen LogP contribution is 2.26. The highest BCUT2D eigenvalue weighted by Gasteiger charge is 2.31. The predicted octanol–water partition coefficient (Wildman–Crippen LogP) is 2.38. The van der Waals surface area contributed by atoms with Gasteiger partial charge in [-0.05, 0) is 35.7 Å². The SMILES string of the molecule is CS(=O)c1ccc(-c2ccc(C(C)(O)C(=O)O)cc2)cc1. The molecular weight excluding hydrogens is 288 g/mol. The first kappa shape index (κ1) is 15.4. The molecule has 0 amide bonds. The molecule has 5 heteroatoms. The van der Waals surface area contributed by atoms with Crippen molar-refractivity contribution in [3.63, 3.8) is 0 Å². The molecule has 0 aromatic heterocycles. The first-order valence-electron chi connectivity index (χ1n) is 6.32.